The van der Waals surface area contributed by atoms with Gasteiger partial charge in [-0.1, -0.05) is 121 Å². The minimum atomic E-state index is -1.34. The first-order valence-corrected chi connectivity index (χ1v) is 18.1. The monoisotopic (exact) mass is 911 g/mol. The third-order valence-corrected chi connectivity index (χ3v) is 14.4. The fourth-order valence-corrected chi connectivity index (χ4v) is 10.3. The summed E-state index contributed by atoms with van der Waals surface area (Å²) in [6.07, 6.45) is 0. The zero-order chi connectivity index (χ0) is 30.1. The Balaban J connectivity index is 0.000000219. The molecule has 2 aromatic heterocycles. The van der Waals surface area contributed by atoms with E-state index >= 15 is 0 Å². The first kappa shape index (κ1) is 33.6. The molecule has 214 valence electrons. The molecule has 0 bridgehead atoms. The van der Waals surface area contributed by atoms with Crippen LogP contribution < -0.4 is 5.46 Å². The molecule has 0 saturated carbocycles. The molecule has 0 fully saturated rings. The Kier molecular flexibility index (Phi) is 13.3. The van der Waals surface area contributed by atoms with Crippen LogP contribution in [0.15, 0.2) is 142 Å². The van der Waals surface area contributed by atoms with Gasteiger partial charge in [0.15, 0.2) is 0 Å². The lowest BCUT2D eigenvalue weighted by molar-refractivity contribution is 0.426. The molecule has 0 aliphatic rings. The smallest absolute Gasteiger partial charge is 0.423 e. The summed E-state index contributed by atoms with van der Waals surface area (Å²) in [7, 11) is -1.34. The van der Waals surface area contributed by atoms with Crippen molar-refractivity contribution in [3.63, 3.8) is 0 Å². The molecule has 2 N–H and O–H groups in total. The van der Waals surface area contributed by atoms with E-state index in [4.69, 9.17) is 10.0 Å². The first-order chi connectivity index (χ1) is 20.3. The second kappa shape index (κ2) is 16.7. The Labute approximate surface area is 297 Å². The van der Waals surface area contributed by atoms with Gasteiger partial charge in [-0.2, -0.15) is 0 Å². The zero-order valence-corrected chi connectivity index (χ0v) is 31.3. The maximum atomic E-state index is 8.58. The van der Waals surface area contributed by atoms with Gasteiger partial charge in [-0.25, -0.2) is 0 Å². The minimum absolute atomic E-state index is 0. The van der Waals surface area contributed by atoms with E-state index in [0.717, 1.165) is 16.5 Å². The van der Waals surface area contributed by atoms with Gasteiger partial charge in [-0.15, -0.1) is 22.7 Å². The van der Waals surface area contributed by atoms with Gasteiger partial charge >= 0.3 is 7.12 Å². The van der Waals surface area contributed by atoms with Crippen LogP contribution in [0.4, 0.5) is 0 Å². The van der Waals surface area contributed by atoms with Gasteiger partial charge in [0.25, 0.3) is 0 Å². The average Bonchev–Trinajstić information content (AvgIpc) is 3.49. The summed E-state index contributed by atoms with van der Waals surface area (Å²) >= 11 is 20.9. The summed E-state index contributed by atoms with van der Waals surface area (Å²) in [6.45, 7) is 0. The molecule has 4 aromatic carbocycles. The number of hydrogen-bond acceptors (Lipinski definition) is 4. The molecule has 42 heavy (non-hydrogen) atoms. The highest BCUT2D eigenvalue weighted by atomic mass is 79.9. The van der Waals surface area contributed by atoms with Crippen LogP contribution >= 0.6 is 102 Å². The van der Waals surface area contributed by atoms with E-state index in [1.54, 1.807) is 35.6 Å². The van der Waals surface area contributed by atoms with Crippen LogP contribution in [-0.2, 0) is 0 Å². The second-order valence-electron chi connectivity index (χ2n) is 8.61. The van der Waals surface area contributed by atoms with Crippen molar-refractivity contribution in [3.8, 4) is 32.0 Å². The van der Waals surface area contributed by atoms with Gasteiger partial charge in [-0.3, -0.25) is 0 Å². The van der Waals surface area contributed by atoms with Crippen molar-refractivity contribution in [2.45, 2.75) is 0 Å². The van der Waals surface area contributed by atoms with E-state index in [1.807, 2.05) is 17.4 Å². The molecule has 0 unspecified atom stereocenters. The molecule has 0 atom stereocenters. The van der Waals surface area contributed by atoms with Crippen molar-refractivity contribution in [3.05, 3.63) is 142 Å². The predicted molar refractivity (Wildman–Crippen MR) is 202 cm³/mol. The van der Waals surface area contributed by atoms with Gasteiger partial charge in [-0.05, 0) is 102 Å². The highest BCUT2D eigenvalue weighted by Crippen LogP contribution is 2.50. The van der Waals surface area contributed by atoms with Crippen molar-refractivity contribution >= 4 is 115 Å². The van der Waals surface area contributed by atoms with E-state index in [1.165, 1.54) is 36.5 Å². The summed E-state index contributed by atoms with van der Waals surface area (Å²) in [6, 6.07) is 40.4. The normalized spacial score (nSPS) is 10.3. The number of thiophene rings is 2. The molecule has 0 radical (unpaired) electrons. The fraction of sp³-hybridized carbons (Fsp3) is 0. The molecule has 0 aliphatic heterocycles. The minimum Gasteiger partial charge on any atom is -0.423 e. The topological polar surface area (TPSA) is 40.5 Å². The van der Waals surface area contributed by atoms with Crippen LogP contribution in [0, 0.1) is 0 Å². The van der Waals surface area contributed by atoms with Gasteiger partial charge in [0.2, 0.25) is 0 Å². The Bertz CT molecular complexity index is 1680. The van der Waals surface area contributed by atoms with Gasteiger partial charge in [0.1, 0.15) is 0 Å². The van der Waals surface area contributed by atoms with E-state index in [2.05, 4.69) is 171 Å². The number of rotatable bonds is 4. The average molecular weight is 916 g/mol. The Morgan fingerprint density at radius 2 is 0.833 bits per heavy atom. The molecular weight excluding hydrogens is 891 g/mol. The molecule has 0 aliphatic carbocycles. The number of hydrogen-bond donors (Lipinski definition) is 2. The quantitative estimate of drug-likeness (QED) is 0.173. The molecule has 2 nitrogen and oxygen atoms in total. The maximum absolute atomic E-state index is 8.58. The lowest BCUT2D eigenvalue weighted by Crippen LogP contribution is -2.29. The Morgan fingerprint density at radius 1 is 0.452 bits per heavy atom. The maximum Gasteiger partial charge on any atom is 0.488 e. The van der Waals surface area contributed by atoms with Crippen molar-refractivity contribution in [2.24, 2.45) is 0 Å². The SMILES string of the molecule is Brc1c(-c2ccccc2)sc(-c2ccccc2)c1-c1ccccc1.Brc1sc(Br)c(Br)c1Br.OB(O)c1ccccc1.[2HH]. The van der Waals surface area contributed by atoms with Crippen LogP contribution in [0.3, 0.4) is 0 Å². The van der Waals surface area contributed by atoms with Crippen molar-refractivity contribution in [1.29, 1.82) is 0 Å². The molecule has 0 spiro atoms. The van der Waals surface area contributed by atoms with E-state index in [0.29, 0.717) is 5.46 Å². The summed E-state index contributed by atoms with van der Waals surface area (Å²) in [5.41, 5.74) is 5.53. The van der Waals surface area contributed by atoms with Gasteiger partial charge < -0.3 is 10.0 Å². The fourth-order valence-electron chi connectivity index (χ4n) is 3.81. The Hall–Kier alpha value is -1.34. The molecular formula is C32H24BBr5O2S2. The molecule has 10 heteroatoms. The lowest BCUT2D eigenvalue weighted by Gasteiger charge is -2.05. The molecule has 6 rings (SSSR count). The van der Waals surface area contributed by atoms with Crippen molar-refractivity contribution < 1.29 is 11.5 Å². The number of benzene rings is 4. The van der Waals surface area contributed by atoms with E-state index in [-0.39, 0.29) is 1.43 Å². The van der Waals surface area contributed by atoms with Crippen LogP contribution in [-0.4, -0.2) is 17.2 Å². The van der Waals surface area contributed by atoms with Crippen LogP contribution in [0.25, 0.3) is 32.0 Å². The van der Waals surface area contributed by atoms with Crippen LogP contribution in [0.5, 0.6) is 0 Å². The van der Waals surface area contributed by atoms with Crippen molar-refractivity contribution in [2.75, 3.05) is 0 Å². The van der Waals surface area contributed by atoms with Crippen LogP contribution in [0.2, 0.25) is 0 Å². The summed E-state index contributed by atoms with van der Waals surface area (Å²) in [4.78, 5) is 2.57. The third-order valence-electron chi connectivity index (χ3n) is 5.80. The van der Waals surface area contributed by atoms with E-state index < -0.39 is 7.12 Å². The standard InChI is InChI=1S/C22H15BrS.C6H7BO2.C4Br4S.H2/c23-20-19(16-10-4-1-5-11-16)21(17-12-6-2-7-13-17)24-22(20)18-14-8-3-9-15-18;8-7(9)6-4-2-1-3-5-6;5-1-2(6)4(8)9-3(1)7;/h1-15H;1-5,8-9H;;1H/i;;;1+1. The van der Waals surface area contributed by atoms with Gasteiger partial charge in [0, 0.05) is 21.2 Å². The number of halogens is 5. The predicted octanol–water partition coefficient (Wildman–Crippen LogP) is 11.9. The van der Waals surface area contributed by atoms with Gasteiger partial charge in [0.05, 0.1) is 16.5 Å². The van der Waals surface area contributed by atoms with Crippen LogP contribution in [0.1, 0.15) is 1.43 Å². The van der Waals surface area contributed by atoms with E-state index in [9.17, 15) is 0 Å². The molecule has 0 saturated heterocycles. The van der Waals surface area contributed by atoms with Crippen molar-refractivity contribution in [1.82, 2.24) is 0 Å². The first-order valence-electron chi connectivity index (χ1n) is 12.5. The second-order valence-corrected chi connectivity index (χ2v) is 15.7. The lowest BCUT2D eigenvalue weighted by atomic mass is 9.81. The summed E-state index contributed by atoms with van der Waals surface area (Å²) < 4.78 is 5.50. The molecule has 2 heterocycles. The molecule has 6 aromatic rings. The molecule has 0 amide bonds. The largest absolute Gasteiger partial charge is 0.488 e. The summed E-state index contributed by atoms with van der Waals surface area (Å²) in [5.74, 6) is 0. The summed E-state index contributed by atoms with van der Waals surface area (Å²) in [5, 5.41) is 17.2. The highest BCUT2D eigenvalue weighted by Gasteiger charge is 2.19. The Morgan fingerprint density at radius 3 is 1.19 bits per heavy atom. The highest BCUT2D eigenvalue weighted by molar-refractivity contribution is 9.16. The third kappa shape index (κ3) is 8.86. The zero-order valence-electron chi connectivity index (χ0n) is 21.7.